The summed E-state index contributed by atoms with van der Waals surface area (Å²) in [5, 5.41) is 0.900. The van der Waals surface area contributed by atoms with Crippen LogP contribution < -0.4 is 10.4 Å². The summed E-state index contributed by atoms with van der Waals surface area (Å²) in [5.74, 6) is -4.76. The number of unbranched alkanes of at least 4 members (excludes halogenated alkanes) is 2. The Morgan fingerprint density at radius 1 is 0.800 bits per heavy atom. The predicted molar refractivity (Wildman–Crippen MR) is 105 cm³/mol. The first-order valence-electron chi connectivity index (χ1n) is 9.61. The van der Waals surface area contributed by atoms with Gasteiger partial charge >= 0.3 is 20.7 Å². The summed E-state index contributed by atoms with van der Waals surface area (Å²) in [6.45, 7) is 0.403. The molecule has 0 saturated carbocycles. The van der Waals surface area contributed by atoms with Crippen molar-refractivity contribution in [3.05, 3.63) is 60.7 Å². The van der Waals surface area contributed by atoms with Crippen LogP contribution in [0.3, 0.4) is 0 Å². The Kier molecular flexibility index (Phi) is 8.51. The highest BCUT2D eigenvalue weighted by molar-refractivity contribution is 6.92. The second-order valence-electron chi connectivity index (χ2n) is 6.86. The molecule has 0 aliphatic rings. The molecule has 0 radical (unpaired) electrons. The average Bonchev–Trinajstić information content (AvgIpc) is 2.73. The first-order valence-corrected chi connectivity index (χ1v) is 11.4. The van der Waals surface area contributed by atoms with Crippen molar-refractivity contribution in [2.24, 2.45) is 0 Å². The normalized spacial score (nSPS) is 14.0. The lowest BCUT2D eigenvalue weighted by molar-refractivity contribution is -0.251. The van der Waals surface area contributed by atoms with Crippen molar-refractivity contribution in [3.8, 4) is 0 Å². The first-order chi connectivity index (χ1) is 14.1. The molecule has 0 aromatic heterocycles. The minimum Gasteiger partial charge on any atom is -0.388 e. The van der Waals surface area contributed by atoms with Crippen LogP contribution >= 0.6 is 0 Å². The van der Waals surface area contributed by atoms with Crippen molar-refractivity contribution >= 4 is 18.9 Å². The standard InChI is InChI=1S/C21H24F6O2Si/c1-2-3-10-15-28-30(17-11-6-4-7-12-17,18-13-8-5-9-14-18)29-16-20(23,24)19(22)21(25,26)27/h4-9,11-14,19H,2-3,10,15-16H2,1H3. The Balaban J connectivity index is 2.43. The molecule has 0 bridgehead atoms. The molecule has 9 heteroatoms. The summed E-state index contributed by atoms with van der Waals surface area (Å²) in [4.78, 5) is 0. The minimum absolute atomic E-state index is 0.174. The van der Waals surface area contributed by atoms with Crippen LogP contribution in [-0.4, -0.2) is 40.0 Å². The SMILES string of the molecule is CCCCCO[Si](OCC(F)(F)C(F)C(F)(F)F)(c1ccccc1)c1ccccc1. The molecule has 0 fully saturated rings. The van der Waals surface area contributed by atoms with E-state index in [4.69, 9.17) is 8.85 Å². The molecular weight excluding hydrogens is 426 g/mol. The van der Waals surface area contributed by atoms with Crippen molar-refractivity contribution in [1.29, 1.82) is 0 Å². The zero-order valence-electron chi connectivity index (χ0n) is 16.5. The molecular formula is C21H24F6O2Si. The van der Waals surface area contributed by atoms with Crippen LogP contribution in [0.15, 0.2) is 60.7 Å². The molecule has 0 aliphatic heterocycles. The van der Waals surface area contributed by atoms with Crippen LogP contribution in [0.25, 0.3) is 0 Å². The van der Waals surface area contributed by atoms with E-state index in [1.165, 1.54) is 0 Å². The fraction of sp³-hybridized carbons (Fsp3) is 0.429. The van der Waals surface area contributed by atoms with Gasteiger partial charge in [0, 0.05) is 6.61 Å². The predicted octanol–water partition coefficient (Wildman–Crippen LogP) is 5.00. The Labute approximate surface area is 173 Å². The van der Waals surface area contributed by atoms with Crippen LogP contribution in [0.1, 0.15) is 26.2 Å². The Bertz CT molecular complexity index is 716. The van der Waals surface area contributed by atoms with Gasteiger partial charge in [0.15, 0.2) is 0 Å². The Morgan fingerprint density at radius 3 is 1.73 bits per heavy atom. The second-order valence-corrected chi connectivity index (χ2v) is 9.82. The van der Waals surface area contributed by atoms with Gasteiger partial charge in [-0.3, -0.25) is 0 Å². The van der Waals surface area contributed by atoms with Gasteiger partial charge in [-0.15, -0.1) is 0 Å². The lowest BCUT2D eigenvalue weighted by Crippen LogP contribution is -2.65. The maximum atomic E-state index is 14.1. The van der Waals surface area contributed by atoms with Gasteiger partial charge in [0.1, 0.15) is 6.61 Å². The Morgan fingerprint density at radius 2 is 1.30 bits per heavy atom. The molecule has 2 aromatic rings. The van der Waals surface area contributed by atoms with E-state index in [9.17, 15) is 26.3 Å². The smallest absolute Gasteiger partial charge is 0.388 e. The summed E-state index contributed by atoms with van der Waals surface area (Å²) in [6.07, 6.45) is -7.69. The molecule has 2 rings (SSSR count). The van der Waals surface area contributed by atoms with Gasteiger partial charge in [-0.05, 0) is 16.8 Å². The second kappa shape index (κ2) is 10.5. The molecule has 0 saturated heterocycles. The lowest BCUT2D eigenvalue weighted by Gasteiger charge is -2.33. The van der Waals surface area contributed by atoms with E-state index < -0.39 is 33.4 Å². The molecule has 0 amide bonds. The third kappa shape index (κ3) is 6.09. The monoisotopic (exact) mass is 450 g/mol. The van der Waals surface area contributed by atoms with Crippen molar-refractivity contribution in [1.82, 2.24) is 0 Å². The number of rotatable bonds is 11. The van der Waals surface area contributed by atoms with Gasteiger partial charge in [-0.2, -0.15) is 13.2 Å². The van der Waals surface area contributed by atoms with E-state index in [0.717, 1.165) is 12.8 Å². The molecule has 0 N–H and O–H groups in total. The summed E-state index contributed by atoms with van der Waals surface area (Å²) in [5.41, 5.74) is 0. The van der Waals surface area contributed by atoms with Gasteiger partial charge < -0.3 is 8.85 Å². The number of benzene rings is 2. The van der Waals surface area contributed by atoms with Crippen LogP contribution in [0.5, 0.6) is 0 Å². The van der Waals surface area contributed by atoms with Gasteiger partial charge in [0.05, 0.1) is 0 Å². The van der Waals surface area contributed by atoms with E-state index in [1.807, 2.05) is 6.92 Å². The largest absolute Gasteiger partial charge is 0.425 e. The van der Waals surface area contributed by atoms with Crippen molar-refractivity contribution in [3.63, 3.8) is 0 Å². The van der Waals surface area contributed by atoms with E-state index >= 15 is 0 Å². The zero-order chi connectivity index (χ0) is 22.3. The topological polar surface area (TPSA) is 18.5 Å². The number of hydrogen-bond donors (Lipinski definition) is 0. The fourth-order valence-electron chi connectivity index (χ4n) is 2.94. The molecule has 1 atom stereocenters. The molecule has 1 unspecified atom stereocenters. The Hall–Kier alpha value is -1.84. The molecule has 0 spiro atoms. The van der Waals surface area contributed by atoms with Crippen LogP contribution in [-0.2, 0) is 8.85 Å². The summed E-state index contributed by atoms with van der Waals surface area (Å²) in [6, 6.07) is 16.5. The van der Waals surface area contributed by atoms with Gasteiger partial charge in [0.2, 0.25) is 0 Å². The molecule has 0 heterocycles. The van der Waals surface area contributed by atoms with Crippen LogP contribution in [0.4, 0.5) is 26.3 Å². The molecule has 0 aliphatic carbocycles. The third-order valence-electron chi connectivity index (χ3n) is 4.49. The van der Waals surface area contributed by atoms with Gasteiger partial charge in [0.25, 0.3) is 6.17 Å². The molecule has 30 heavy (non-hydrogen) atoms. The first kappa shape index (κ1) is 24.4. The quantitative estimate of drug-likeness (QED) is 0.273. The van der Waals surface area contributed by atoms with Crippen molar-refractivity contribution < 1.29 is 35.2 Å². The summed E-state index contributed by atoms with van der Waals surface area (Å²) < 4.78 is 90.8. The molecule has 2 aromatic carbocycles. The summed E-state index contributed by atoms with van der Waals surface area (Å²) >= 11 is 0. The summed E-state index contributed by atoms with van der Waals surface area (Å²) in [7, 11) is -3.83. The number of alkyl halides is 6. The van der Waals surface area contributed by atoms with E-state index in [-0.39, 0.29) is 6.61 Å². The zero-order valence-corrected chi connectivity index (χ0v) is 17.5. The average molecular weight is 450 g/mol. The molecule has 166 valence electrons. The number of halogens is 6. The maximum absolute atomic E-state index is 14.1. The fourth-order valence-corrected chi connectivity index (χ4v) is 6.11. The van der Waals surface area contributed by atoms with E-state index in [0.29, 0.717) is 16.8 Å². The van der Waals surface area contributed by atoms with E-state index in [1.54, 1.807) is 60.7 Å². The minimum atomic E-state index is -5.70. The van der Waals surface area contributed by atoms with E-state index in [2.05, 4.69) is 0 Å². The highest BCUT2D eigenvalue weighted by Crippen LogP contribution is 2.35. The highest BCUT2D eigenvalue weighted by Gasteiger charge is 2.58. The van der Waals surface area contributed by atoms with Crippen molar-refractivity contribution in [2.75, 3.05) is 13.2 Å². The highest BCUT2D eigenvalue weighted by atomic mass is 28.4. The van der Waals surface area contributed by atoms with Gasteiger partial charge in [-0.25, -0.2) is 13.2 Å². The van der Waals surface area contributed by atoms with Crippen LogP contribution in [0, 0.1) is 0 Å². The molecule has 2 nitrogen and oxygen atoms in total. The van der Waals surface area contributed by atoms with Gasteiger partial charge in [-0.1, -0.05) is 80.4 Å². The third-order valence-corrected chi connectivity index (χ3v) is 7.84. The van der Waals surface area contributed by atoms with Crippen LogP contribution in [0.2, 0.25) is 0 Å². The van der Waals surface area contributed by atoms with Crippen molar-refractivity contribution in [2.45, 2.75) is 44.5 Å². The number of hydrogen-bond acceptors (Lipinski definition) is 2. The maximum Gasteiger partial charge on any atom is 0.425 e. The lowest BCUT2D eigenvalue weighted by atomic mass is 10.2.